The van der Waals surface area contributed by atoms with E-state index in [0.29, 0.717) is 0 Å². The van der Waals surface area contributed by atoms with E-state index >= 15 is 0 Å². The lowest BCUT2D eigenvalue weighted by Gasteiger charge is -2.33. The van der Waals surface area contributed by atoms with E-state index in [1.807, 2.05) is 91.0 Å². The number of benzene rings is 3. The second kappa shape index (κ2) is 6.27. The number of hydrogen-bond donors (Lipinski definition) is 0. The molecular weight excluding hydrogens is 272 g/mol. The average molecular weight is 287 g/mol. The minimum atomic E-state index is -0.995. The molecule has 3 aromatic rings. The Bertz CT molecular complexity index is 625. The number of carbonyl (C=O) groups excluding carboxylic acids is 1. The zero-order valence-corrected chi connectivity index (χ0v) is 12.0. The van der Waals surface area contributed by atoms with Crippen LogP contribution in [0.5, 0.6) is 0 Å². The average Bonchev–Trinajstić information content (AvgIpc) is 2.62. The van der Waals surface area contributed by atoms with E-state index in [9.17, 15) is 4.79 Å². The molecule has 0 bridgehead atoms. The highest BCUT2D eigenvalue weighted by Crippen LogP contribution is 2.39. The van der Waals surface area contributed by atoms with Crippen LogP contribution in [-0.4, -0.2) is 6.47 Å². The zero-order chi connectivity index (χ0) is 15.3. The SMILES string of the molecule is O=[C]OC(c1ccccc1)(c1ccccc1)c1ccccc1. The van der Waals surface area contributed by atoms with Crippen molar-refractivity contribution in [1.29, 1.82) is 0 Å². The molecule has 0 atom stereocenters. The fourth-order valence-corrected chi connectivity index (χ4v) is 2.76. The Hall–Kier alpha value is -2.87. The van der Waals surface area contributed by atoms with Gasteiger partial charge in [-0.3, -0.25) is 0 Å². The van der Waals surface area contributed by atoms with Gasteiger partial charge < -0.3 is 4.74 Å². The van der Waals surface area contributed by atoms with Crippen LogP contribution in [0, 0.1) is 0 Å². The van der Waals surface area contributed by atoms with Crippen molar-refractivity contribution in [3.63, 3.8) is 0 Å². The van der Waals surface area contributed by atoms with Crippen molar-refractivity contribution >= 4 is 6.47 Å². The molecule has 0 spiro atoms. The molecule has 0 aliphatic rings. The highest BCUT2D eigenvalue weighted by Gasteiger charge is 2.38. The lowest BCUT2D eigenvalue weighted by Crippen LogP contribution is -2.32. The Morgan fingerprint density at radius 1 is 0.591 bits per heavy atom. The first-order valence-electron chi connectivity index (χ1n) is 7.09. The van der Waals surface area contributed by atoms with Crippen molar-refractivity contribution < 1.29 is 9.53 Å². The van der Waals surface area contributed by atoms with Crippen molar-refractivity contribution in [2.45, 2.75) is 5.60 Å². The molecule has 0 heterocycles. The number of hydrogen-bond acceptors (Lipinski definition) is 2. The van der Waals surface area contributed by atoms with E-state index in [0.717, 1.165) is 16.7 Å². The van der Waals surface area contributed by atoms with Gasteiger partial charge in [-0.05, 0) is 0 Å². The molecular formula is C20H15O2. The molecule has 2 nitrogen and oxygen atoms in total. The van der Waals surface area contributed by atoms with E-state index in [2.05, 4.69) is 0 Å². The summed E-state index contributed by atoms with van der Waals surface area (Å²) in [5, 5.41) is 0. The molecule has 0 aliphatic carbocycles. The Kier molecular flexibility index (Phi) is 4.01. The van der Waals surface area contributed by atoms with Crippen molar-refractivity contribution in [2.24, 2.45) is 0 Å². The molecule has 0 aliphatic heterocycles. The number of rotatable bonds is 5. The molecule has 107 valence electrons. The van der Waals surface area contributed by atoms with Gasteiger partial charge >= 0.3 is 6.47 Å². The molecule has 0 N–H and O–H groups in total. The molecule has 0 unspecified atom stereocenters. The van der Waals surface area contributed by atoms with Crippen LogP contribution in [-0.2, 0) is 15.1 Å². The molecule has 3 rings (SSSR count). The molecule has 3 aromatic carbocycles. The van der Waals surface area contributed by atoms with E-state index in [1.54, 1.807) is 6.47 Å². The van der Waals surface area contributed by atoms with Gasteiger partial charge in [0.2, 0.25) is 0 Å². The summed E-state index contributed by atoms with van der Waals surface area (Å²) < 4.78 is 5.58. The van der Waals surface area contributed by atoms with Gasteiger partial charge in [-0.25, -0.2) is 4.79 Å². The third kappa shape index (κ3) is 2.40. The molecule has 0 fully saturated rings. The first-order valence-corrected chi connectivity index (χ1v) is 7.09. The predicted molar refractivity (Wildman–Crippen MR) is 86.0 cm³/mol. The van der Waals surface area contributed by atoms with Crippen LogP contribution in [0.25, 0.3) is 0 Å². The lowest BCUT2D eigenvalue weighted by molar-refractivity contribution is 0.132. The first-order chi connectivity index (χ1) is 10.9. The van der Waals surface area contributed by atoms with Gasteiger partial charge in [0.25, 0.3) is 0 Å². The monoisotopic (exact) mass is 287 g/mol. The van der Waals surface area contributed by atoms with Gasteiger partial charge in [0.15, 0.2) is 5.60 Å². The van der Waals surface area contributed by atoms with Crippen LogP contribution < -0.4 is 0 Å². The summed E-state index contributed by atoms with van der Waals surface area (Å²) in [4.78, 5) is 11.2. The van der Waals surface area contributed by atoms with Crippen LogP contribution in [0.2, 0.25) is 0 Å². The summed E-state index contributed by atoms with van der Waals surface area (Å²) >= 11 is 0. The second-order valence-corrected chi connectivity index (χ2v) is 4.96. The van der Waals surface area contributed by atoms with Crippen LogP contribution in [0.15, 0.2) is 91.0 Å². The van der Waals surface area contributed by atoms with Gasteiger partial charge in [-0.1, -0.05) is 91.0 Å². The summed E-state index contributed by atoms with van der Waals surface area (Å²) in [5.41, 5.74) is 1.66. The minimum Gasteiger partial charge on any atom is -0.436 e. The quantitative estimate of drug-likeness (QED) is 0.661. The summed E-state index contributed by atoms with van der Waals surface area (Å²) in [6.45, 7) is 1.65. The molecule has 22 heavy (non-hydrogen) atoms. The highest BCUT2D eigenvalue weighted by atomic mass is 16.5. The standard InChI is InChI=1S/C20H15O2/c21-16-22-20(17-10-4-1-5-11-17,18-12-6-2-7-13-18)19-14-8-3-9-15-19/h1-15H. The summed E-state index contributed by atoms with van der Waals surface area (Å²) in [6.07, 6.45) is 0. The Balaban J connectivity index is 2.31. The minimum absolute atomic E-state index is 0.885. The molecule has 0 saturated heterocycles. The number of ether oxygens (including phenoxy) is 1. The largest absolute Gasteiger partial charge is 0.436 e. The van der Waals surface area contributed by atoms with E-state index in [4.69, 9.17) is 4.74 Å². The van der Waals surface area contributed by atoms with Crippen molar-refractivity contribution in [1.82, 2.24) is 0 Å². The molecule has 2 heteroatoms. The maximum atomic E-state index is 11.2. The Morgan fingerprint density at radius 2 is 0.909 bits per heavy atom. The first kappa shape index (κ1) is 14.1. The summed E-state index contributed by atoms with van der Waals surface area (Å²) in [7, 11) is 0. The van der Waals surface area contributed by atoms with E-state index in [1.165, 1.54) is 0 Å². The van der Waals surface area contributed by atoms with Crippen molar-refractivity contribution in [3.05, 3.63) is 108 Å². The fourth-order valence-electron chi connectivity index (χ4n) is 2.76. The van der Waals surface area contributed by atoms with Gasteiger partial charge in [0.1, 0.15) is 0 Å². The Morgan fingerprint density at radius 3 is 1.18 bits per heavy atom. The van der Waals surface area contributed by atoms with Crippen LogP contribution >= 0.6 is 0 Å². The fraction of sp³-hybridized carbons (Fsp3) is 0.0500. The molecule has 0 amide bonds. The lowest BCUT2D eigenvalue weighted by atomic mass is 9.80. The third-order valence-electron chi connectivity index (χ3n) is 3.74. The molecule has 0 saturated carbocycles. The maximum Gasteiger partial charge on any atom is 0.419 e. The van der Waals surface area contributed by atoms with Gasteiger partial charge in [-0.15, -0.1) is 0 Å². The van der Waals surface area contributed by atoms with E-state index in [-0.39, 0.29) is 0 Å². The normalized spacial score (nSPS) is 10.9. The van der Waals surface area contributed by atoms with Crippen molar-refractivity contribution in [2.75, 3.05) is 0 Å². The zero-order valence-electron chi connectivity index (χ0n) is 12.0. The molecule has 1 radical (unpaired) electrons. The van der Waals surface area contributed by atoms with Crippen LogP contribution in [0.3, 0.4) is 0 Å². The van der Waals surface area contributed by atoms with Crippen LogP contribution in [0.4, 0.5) is 0 Å². The van der Waals surface area contributed by atoms with Gasteiger partial charge in [0, 0.05) is 16.7 Å². The predicted octanol–water partition coefficient (Wildman–Crippen LogP) is 4.06. The Labute approximate surface area is 130 Å². The topological polar surface area (TPSA) is 26.3 Å². The maximum absolute atomic E-state index is 11.2. The second-order valence-electron chi connectivity index (χ2n) is 4.96. The smallest absolute Gasteiger partial charge is 0.419 e. The highest BCUT2D eigenvalue weighted by molar-refractivity contribution is 5.53. The summed E-state index contributed by atoms with van der Waals surface area (Å²) in [6, 6.07) is 29.2. The summed E-state index contributed by atoms with van der Waals surface area (Å²) in [5.74, 6) is 0. The molecule has 0 aromatic heterocycles. The van der Waals surface area contributed by atoms with Gasteiger partial charge in [0.05, 0.1) is 0 Å². The van der Waals surface area contributed by atoms with Crippen molar-refractivity contribution in [3.8, 4) is 0 Å². The third-order valence-corrected chi connectivity index (χ3v) is 3.74. The van der Waals surface area contributed by atoms with Crippen LogP contribution in [0.1, 0.15) is 16.7 Å². The van der Waals surface area contributed by atoms with E-state index < -0.39 is 5.60 Å². The van der Waals surface area contributed by atoms with Gasteiger partial charge in [-0.2, -0.15) is 0 Å².